The molecule has 0 spiro atoms. The van der Waals surface area contributed by atoms with Gasteiger partial charge >= 0.3 is 0 Å². The Labute approximate surface area is 188 Å². The molecular weight excluding hydrogens is 402 g/mol. The van der Waals surface area contributed by atoms with Crippen LogP contribution in [0.3, 0.4) is 0 Å². The number of hydrogen-bond donors (Lipinski definition) is 1. The number of hydrogen-bond acceptors (Lipinski definition) is 3. The molecule has 6 nitrogen and oxygen atoms in total. The molecule has 32 heavy (non-hydrogen) atoms. The van der Waals surface area contributed by atoms with E-state index in [1.54, 1.807) is 17.2 Å². The van der Waals surface area contributed by atoms with Crippen molar-refractivity contribution in [2.45, 2.75) is 77.4 Å². The number of rotatable bonds is 3. The van der Waals surface area contributed by atoms with E-state index >= 15 is 0 Å². The first kappa shape index (κ1) is 20.9. The third kappa shape index (κ3) is 3.42. The lowest BCUT2D eigenvalue weighted by Crippen LogP contribution is -2.65. The predicted octanol–water partition coefficient (Wildman–Crippen LogP) is 5.11. The Hall–Kier alpha value is -3.02. The van der Waals surface area contributed by atoms with Gasteiger partial charge < -0.3 is 14.3 Å². The molecule has 0 saturated heterocycles. The average Bonchev–Trinajstić information content (AvgIpc) is 3.22. The summed E-state index contributed by atoms with van der Waals surface area (Å²) in [6.07, 6.45) is 8.35. The van der Waals surface area contributed by atoms with Crippen molar-refractivity contribution in [1.82, 2.24) is 9.88 Å². The highest BCUT2D eigenvalue weighted by atomic mass is 16.3. The first-order chi connectivity index (χ1) is 15.4. The smallest absolute Gasteiger partial charge is 0.276 e. The van der Waals surface area contributed by atoms with Crippen molar-refractivity contribution in [2.75, 3.05) is 4.90 Å². The molecule has 1 saturated carbocycles. The molecule has 168 valence electrons. The molecule has 1 atom stereocenters. The molecule has 3 aromatic rings. The normalized spacial score (nSPS) is 22.1. The average molecular weight is 434 g/mol. The zero-order chi connectivity index (χ0) is 22.5. The van der Waals surface area contributed by atoms with Crippen LogP contribution >= 0.6 is 0 Å². The Balaban J connectivity index is 1.60. The van der Waals surface area contributed by atoms with Gasteiger partial charge in [-0.05, 0) is 56.9 Å². The van der Waals surface area contributed by atoms with Crippen LogP contribution in [0.25, 0.3) is 11.1 Å². The number of nitrogens with zero attached hydrogens (tertiary/aromatic N) is 2. The maximum Gasteiger partial charge on any atom is 0.276 e. The first-order valence-corrected chi connectivity index (χ1v) is 11.7. The highest BCUT2D eigenvalue weighted by Crippen LogP contribution is 2.37. The van der Waals surface area contributed by atoms with E-state index < -0.39 is 5.54 Å². The van der Waals surface area contributed by atoms with Crippen LogP contribution in [-0.4, -0.2) is 28.0 Å². The molecule has 3 heterocycles. The van der Waals surface area contributed by atoms with Gasteiger partial charge in [0, 0.05) is 23.9 Å². The topological polar surface area (TPSA) is 67.5 Å². The van der Waals surface area contributed by atoms with Crippen molar-refractivity contribution in [2.24, 2.45) is 0 Å². The van der Waals surface area contributed by atoms with Gasteiger partial charge in [0.1, 0.15) is 11.2 Å². The summed E-state index contributed by atoms with van der Waals surface area (Å²) in [6.45, 7) is 6.31. The summed E-state index contributed by atoms with van der Waals surface area (Å²) < 4.78 is 7.51. The number of benzene rings is 1. The number of aryl methyl sites for hydroxylation is 2. The zero-order valence-electron chi connectivity index (χ0n) is 19.1. The first-order valence-electron chi connectivity index (χ1n) is 11.7. The number of amides is 2. The van der Waals surface area contributed by atoms with Gasteiger partial charge in [0.2, 0.25) is 5.91 Å². The molecule has 1 aliphatic carbocycles. The van der Waals surface area contributed by atoms with Crippen molar-refractivity contribution in [3.8, 4) is 0 Å². The summed E-state index contributed by atoms with van der Waals surface area (Å²) in [5.41, 5.74) is 3.90. The van der Waals surface area contributed by atoms with E-state index in [-0.39, 0.29) is 17.9 Å². The van der Waals surface area contributed by atoms with Crippen LogP contribution in [0.4, 0.5) is 5.69 Å². The number of nitrogens with one attached hydrogen (secondary N) is 1. The summed E-state index contributed by atoms with van der Waals surface area (Å²) in [5, 5.41) is 3.31. The summed E-state index contributed by atoms with van der Waals surface area (Å²) in [5.74, 6) is -0.265. The standard InChI is InChI=1S/C26H31N3O3/c1-17-12-18(2)14-20(13-17)29-24(30)22-15-23-21(10-11-32-23)28(22)16-26(29,3)25(31)27-19-8-6-4-5-7-9-19/h10-15,19H,4-9,16H2,1-3H3,(H,27,31)/t26-/m1/s1. The molecule has 1 aliphatic heterocycles. The van der Waals surface area contributed by atoms with Crippen LogP contribution in [0, 0.1) is 13.8 Å². The van der Waals surface area contributed by atoms with Gasteiger partial charge in [0.05, 0.1) is 18.3 Å². The van der Waals surface area contributed by atoms with E-state index in [4.69, 9.17) is 4.42 Å². The number of carbonyl (C=O) groups is 2. The fraction of sp³-hybridized carbons (Fsp3) is 0.462. The van der Waals surface area contributed by atoms with Gasteiger partial charge in [-0.15, -0.1) is 0 Å². The number of furan rings is 1. The Morgan fingerprint density at radius 3 is 2.44 bits per heavy atom. The van der Waals surface area contributed by atoms with Gasteiger partial charge in [-0.3, -0.25) is 14.5 Å². The van der Waals surface area contributed by atoms with Gasteiger partial charge in [-0.2, -0.15) is 0 Å². The minimum Gasteiger partial charge on any atom is -0.463 e. The van der Waals surface area contributed by atoms with Crippen molar-refractivity contribution in [3.05, 3.63) is 53.4 Å². The minimum absolute atomic E-state index is 0.0899. The van der Waals surface area contributed by atoms with Crippen molar-refractivity contribution in [1.29, 1.82) is 0 Å². The third-order valence-corrected chi connectivity index (χ3v) is 7.05. The van der Waals surface area contributed by atoms with Crippen molar-refractivity contribution in [3.63, 3.8) is 0 Å². The van der Waals surface area contributed by atoms with Crippen LogP contribution in [0.5, 0.6) is 0 Å². The summed E-state index contributed by atoms with van der Waals surface area (Å²) in [4.78, 5) is 29.4. The lowest BCUT2D eigenvalue weighted by Gasteiger charge is -2.44. The molecule has 1 N–H and O–H groups in total. The summed E-state index contributed by atoms with van der Waals surface area (Å²) in [6, 6.07) is 9.88. The maximum absolute atomic E-state index is 13.9. The lowest BCUT2D eigenvalue weighted by molar-refractivity contribution is -0.127. The lowest BCUT2D eigenvalue weighted by atomic mass is 9.92. The van der Waals surface area contributed by atoms with Crippen molar-refractivity contribution >= 4 is 28.6 Å². The monoisotopic (exact) mass is 433 g/mol. The molecule has 0 radical (unpaired) electrons. The highest BCUT2D eigenvalue weighted by Gasteiger charge is 2.49. The van der Waals surface area contributed by atoms with Crippen LogP contribution in [0.2, 0.25) is 0 Å². The summed E-state index contributed by atoms with van der Waals surface area (Å²) >= 11 is 0. The van der Waals surface area contributed by atoms with Gasteiger partial charge in [0.15, 0.2) is 5.58 Å². The Bertz CT molecular complexity index is 1160. The number of carbonyl (C=O) groups excluding carboxylic acids is 2. The predicted molar refractivity (Wildman–Crippen MR) is 125 cm³/mol. The zero-order valence-corrected chi connectivity index (χ0v) is 19.1. The Morgan fingerprint density at radius 2 is 1.75 bits per heavy atom. The van der Waals surface area contributed by atoms with Crippen molar-refractivity contribution < 1.29 is 14.0 Å². The van der Waals surface area contributed by atoms with Crippen LogP contribution in [0.15, 0.2) is 41.0 Å². The molecule has 2 amide bonds. The molecule has 6 heteroatoms. The molecule has 0 unspecified atom stereocenters. The van der Waals surface area contributed by atoms with Crippen LogP contribution in [-0.2, 0) is 11.3 Å². The van der Waals surface area contributed by atoms with Gasteiger partial charge in [-0.25, -0.2) is 0 Å². The third-order valence-electron chi connectivity index (χ3n) is 7.05. The minimum atomic E-state index is -1.06. The SMILES string of the molecule is Cc1cc(C)cc(N2C(=O)c3cc4occc4n3C[C@]2(C)C(=O)NC2CCCCCC2)c1. The van der Waals surface area contributed by atoms with Crippen LogP contribution < -0.4 is 10.2 Å². The maximum atomic E-state index is 13.9. The Kier molecular flexibility index (Phi) is 5.11. The quantitative estimate of drug-likeness (QED) is 0.584. The molecule has 1 fully saturated rings. The van der Waals surface area contributed by atoms with E-state index in [0.29, 0.717) is 17.8 Å². The van der Waals surface area contributed by atoms with E-state index in [1.807, 2.05) is 43.5 Å². The van der Waals surface area contributed by atoms with Gasteiger partial charge in [-0.1, -0.05) is 31.7 Å². The second-order valence-corrected chi connectivity index (χ2v) is 9.71. The van der Waals surface area contributed by atoms with E-state index in [1.165, 1.54) is 12.8 Å². The Morgan fingerprint density at radius 1 is 1.06 bits per heavy atom. The van der Waals surface area contributed by atoms with E-state index in [2.05, 4.69) is 11.4 Å². The molecule has 2 aliphatic rings. The highest BCUT2D eigenvalue weighted by molar-refractivity contribution is 6.13. The molecule has 1 aromatic carbocycles. The van der Waals surface area contributed by atoms with Gasteiger partial charge in [0.25, 0.3) is 5.91 Å². The summed E-state index contributed by atoms with van der Waals surface area (Å²) in [7, 11) is 0. The second-order valence-electron chi connectivity index (χ2n) is 9.71. The molecule has 0 bridgehead atoms. The number of aromatic nitrogens is 1. The molecule has 5 rings (SSSR count). The van der Waals surface area contributed by atoms with E-state index in [0.717, 1.165) is 48.0 Å². The fourth-order valence-electron chi connectivity index (χ4n) is 5.46. The number of anilines is 1. The molecular formula is C26H31N3O3. The largest absolute Gasteiger partial charge is 0.463 e. The van der Waals surface area contributed by atoms with Crippen LogP contribution in [0.1, 0.15) is 67.1 Å². The molecule has 2 aromatic heterocycles. The van der Waals surface area contributed by atoms with E-state index in [9.17, 15) is 9.59 Å². The second kappa shape index (κ2) is 7.84. The number of fused-ring (bicyclic) bond motifs is 3. The fourth-order valence-corrected chi connectivity index (χ4v) is 5.46.